The van der Waals surface area contributed by atoms with E-state index in [9.17, 15) is 4.79 Å². The molecule has 7 nitrogen and oxygen atoms in total. The van der Waals surface area contributed by atoms with Gasteiger partial charge in [-0.15, -0.1) is 0 Å². The van der Waals surface area contributed by atoms with Crippen LogP contribution in [0, 0.1) is 5.92 Å². The number of carbonyl (C=O) groups excluding carboxylic acids is 1. The van der Waals surface area contributed by atoms with Crippen molar-refractivity contribution in [2.45, 2.75) is 44.1 Å². The number of rotatable bonds is 5. The summed E-state index contributed by atoms with van der Waals surface area (Å²) in [6, 6.07) is 10.1. The van der Waals surface area contributed by atoms with E-state index in [0.29, 0.717) is 23.8 Å². The Morgan fingerprint density at radius 1 is 1.13 bits per heavy atom. The van der Waals surface area contributed by atoms with Crippen LogP contribution in [0.15, 0.2) is 42.7 Å². The molecule has 2 bridgehead atoms. The molecule has 1 amide bonds. The summed E-state index contributed by atoms with van der Waals surface area (Å²) in [6.07, 6.45) is 9.15. The van der Waals surface area contributed by atoms with Gasteiger partial charge in [0.15, 0.2) is 0 Å². The number of likely N-dealkylation sites (tertiary alicyclic amines) is 1. The molecule has 1 aliphatic heterocycles. The van der Waals surface area contributed by atoms with Gasteiger partial charge in [-0.1, -0.05) is 12.1 Å². The molecule has 3 aromatic rings. The first kappa shape index (κ1) is 18.5. The van der Waals surface area contributed by atoms with Gasteiger partial charge in [-0.2, -0.15) is 5.10 Å². The monoisotopic (exact) mass is 415 g/mol. The number of carbonyl (C=O) groups is 1. The van der Waals surface area contributed by atoms with Gasteiger partial charge in [0, 0.05) is 30.3 Å². The minimum absolute atomic E-state index is 0.126. The fraction of sp³-hybridized carbons (Fsp3) is 0.417. The van der Waals surface area contributed by atoms with Crippen molar-refractivity contribution in [2.75, 3.05) is 13.7 Å². The lowest BCUT2D eigenvalue weighted by Crippen LogP contribution is -2.38. The van der Waals surface area contributed by atoms with E-state index in [2.05, 4.69) is 15.0 Å². The highest BCUT2D eigenvalue weighted by Crippen LogP contribution is 2.44. The lowest BCUT2D eigenvalue weighted by atomic mass is 10.1. The van der Waals surface area contributed by atoms with Crippen molar-refractivity contribution in [3.05, 3.63) is 54.0 Å². The van der Waals surface area contributed by atoms with E-state index in [-0.39, 0.29) is 5.91 Å². The van der Waals surface area contributed by atoms with Crippen LogP contribution >= 0.6 is 0 Å². The standard InChI is InChI=1S/C24H25N5O2/c1-31-21-5-3-2-4-18(21)20-10-11-25-24(27-20)29-22(16-7-8-16)19(13-26-29)23(30)28-14-15-6-9-17(28)12-15/h2-5,10-11,13,15-17H,6-9,12,14H2,1H3. The van der Waals surface area contributed by atoms with Gasteiger partial charge in [-0.25, -0.2) is 14.6 Å². The minimum Gasteiger partial charge on any atom is -0.496 e. The van der Waals surface area contributed by atoms with Crippen molar-refractivity contribution < 1.29 is 9.53 Å². The molecule has 2 unspecified atom stereocenters. The lowest BCUT2D eigenvalue weighted by Gasteiger charge is -2.27. The molecule has 7 heteroatoms. The second kappa shape index (κ2) is 7.18. The molecule has 1 saturated heterocycles. The van der Waals surface area contributed by atoms with E-state index in [1.165, 1.54) is 6.42 Å². The predicted molar refractivity (Wildman–Crippen MR) is 115 cm³/mol. The van der Waals surface area contributed by atoms with Crippen LogP contribution in [0.2, 0.25) is 0 Å². The highest BCUT2D eigenvalue weighted by Gasteiger charge is 2.43. The van der Waals surface area contributed by atoms with Gasteiger partial charge in [0.25, 0.3) is 11.9 Å². The Hall–Kier alpha value is -3.22. The third-order valence-electron chi connectivity index (χ3n) is 6.89. The molecule has 0 spiro atoms. The third kappa shape index (κ3) is 3.10. The Morgan fingerprint density at radius 3 is 2.74 bits per heavy atom. The molecular formula is C24H25N5O2. The summed E-state index contributed by atoms with van der Waals surface area (Å²) in [5.41, 5.74) is 3.36. The average molecular weight is 415 g/mol. The van der Waals surface area contributed by atoms with Gasteiger partial charge in [0.2, 0.25) is 0 Å². The number of benzene rings is 1. The zero-order chi connectivity index (χ0) is 20.9. The molecule has 2 aromatic heterocycles. The number of ether oxygens (including phenoxy) is 1. The van der Waals surface area contributed by atoms with Crippen molar-refractivity contribution >= 4 is 5.91 Å². The Balaban J connectivity index is 1.39. The number of piperidine rings is 1. The van der Waals surface area contributed by atoms with Crippen LogP contribution in [0.3, 0.4) is 0 Å². The number of nitrogens with zero attached hydrogens (tertiary/aromatic N) is 5. The van der Waals surface area contributed by atoms with Crippen LogP contribution in [0.5, 0.6) is 5.75 Å². The van der Waals surface area contributed by atoms with Crippen LogP contribution < -0.4 is 4.74 Å². The van der Waals surface area contributed by atoms with Crippen molar-refractivity contribution in [3.63, 3.8) is 0 Å². The van der Waals surface area contributed by atoms with Crippen molar-refractivity contribution in [1.29, 1.82) is 0 Å². The quantitative estimate of drug-likeness (QED) is 0.633. The summed E-state index contributed by atoms with van der Waals surface area (Å²) in [4.78, 5) is 24.8. The SMILES string of the molecule is COc1ccccc1-c1ccnc(-n2ncc(C(=O)N3CC4CCC3C4)c2C2CC2)n1. The minimum atomic E-state index is 0.126. The van der Waals surface area contributed by atoms with Gasteiger partial charge in [0.05, 0.1) is 30.3 Å². The summed E-state index contributed by atoms with van der Waals surface area (Å²) >= 11 is 0. The van der Waals surface area contributed by atoms with Crippen molar-refractivity contribution in [2.24, 2.45) is 5.92 Å². The smallest absolute Gasteiger partial charge is 0.257 e. The van der Waals surface area contributed by atoms with Crippen LogP contribution in [0.4, 0.5) is 0 Å². The molecule has 2 aliphatic carbocycles. The number of aromatic nitrogens is 4. The van der Waals surface area contributed by atoms with E-state index in [1.807, 2.05) is 30.3 Å². The Morgan fingerprint density at radius 2 is 2.00 bits per heavy atom. The molecule has 2 saturated carbocycles. The Bertz CT molecular complexity index is 1150. The molecule has 31 heavy (non-hydrogen) atoms. The summed E-state index contributed by atoms with van der Waals surface area (Å²) in [6.45, 7) is 0.887. The van der Waals surface area contributed by atoms with E-state index in [0.717, 1.165) is 60.5 Å². The fourth-order valence-corrected chi connectivity index (χ4v) is 5.22. The first-order valence-corrected chi connectivity index (χ1v) is 11.1. The number of hydrogen-bond donors (Lipinski definition) is 0. The van der Waals surface area contributed by atoms with Crippen molar-refractivity contribution in [1.82, 2.24) is 24.6 Å². The van der Waals surface area contributed by atoms with E-state index in [4.69, 9.17) is 9.72 Å². The second-order valence-corrected chi connectivity index (χ2v) is 8.86. The number of hydrogen-bond acceptors (Lipinski definition) is 5. The molecule has 3 heterocycles. The molecule has 3 aliphatic rings. The zero-order valence-corrected chi connectivity index (χ0v) is 17.6. The normalized spacial score (nSPS) is 22.2. The second-order valence-electron chi connectivity index (χ2n) is 8.86. The summed E-state index contributed by atoms with van der Waals surface area (Å²) in [5.74, 6) is 2.40. The van der Waals surface area contributed by atoms with Crippen LogP contribution in [-0.2, 0) is 0 Å². The third-order valence-corrected chi connectivity index (χ3v) is 6.89. The van der Waals surface area contributed by atoms with E-state index >= 15 is 0 Å². The molecular weight excluding hydrogens is 390 g/mol. The summed E-state index contributed by atoms with van der Waals surface area (Å²) < 4.78 is 7.28. The highest BCUT2D eigenvalue weighted by molar-refractivity contribution is 5.96. The highest BCUT2D eigenvalue weighted by atomic mass is 16.5. The molecule has 0 N–H and O–H groups in total. The van der Waals surface area contributed by atoms with Crippen LogP contribution in [0.25, 0.3) is 17.2 Å². The van der Waals surface area contributed by atoms with E-state index < -0.39 is 0 Å². The molecule has 6 rings (SSSR count). The molecule has 3 fully saturated rings. The topological polar surface area (TPSA) is 73.1 Å². The molecule has 2 atom stereocenters. The summed E-state index contributed by atoms with van der Waals surface area (Å²) in [5, 5.41) is 4.59. The first-order chi connectivity index (χ1) is 15.2. The van der Waals surface area contributed by atoms with Gasteiger partial charge < -0.3 is 9.64 Å². The summed E-state index contributed by atoms with van der Waals surface area (Å²) in [7, 11) is 1.66. The number of para-hydroxylation sites is 1. The largest absolute Gasteiger partial charge is 0.496 e. The first-order valence-electron chi connectivity index (χ1n) is 11.1. The van der Waals surface area contributed by atoms with Crippen LogP contribution in [0.1, 0.15) is 54.1 Å². The fourth-order valence-electron chi connectivity index (χ4n) is 5.22. The maximum atomic E-state index is 13.4. The number of fused-ring (bicyclic) bond motifs is 2. The Labute approximate surface area is 181 Å². The van der Waals surface area contributed by atoms with Gasteiger partial charge >= 0.3 is 0 Å². The van der Waals surface area contributed by atoms with Gasteiger partial charge in [0.1, 0.15) is 5.75 Å². The molecule has 0 radical (unpaired) electrons. The number of methoxy groups -OCH3 is 1. The molecule has 158 valence electrons. The number of amides is 1. The lowest BCUT2D eigenvalue weighted by molar-refractivity contribution is 0.0702. The maximum Gasteiger partial charge on any atom is 0.257 e. The Kier molecular flexibility index (Phi) is 4.30. The average Bonchev–Trinajstić information content (AvgIpc) is 3.23. The maximum absolute atomic E-state index is 13.4. The zero-order valence-electron chi connectivity index (χ0n) is 17.6. The van der Waals surface area contributed by atoms with Crippen molar-refractivity contribution in [3.8, 4) is 23.0 Å². The van der Waals surface area contributed by atoms with E-state index in [1.54, 1.807) is 24.2 Å². The molecule has 1 aromatic carbocycles. The predicted octanol–water partition coefficient (Wildman–Crippen LogP) is 3.84. The van der Waals surface area contributed by atoms with Gasteiger partial charge in [-0.05, 0) is 56.2 Å². The van der Waals surface area contributed by atoms with Gasteiger partial charge in [-0.3, -0.25) is 4.79 Å². The van der Waals surface area contributed by atoms with Crippen LogP contribution in [-0.4, -0.2) is 50.3 Å².